The maximum absolute atomic E-state index is 4.62. The topological polar surface area (TPSA) is 60.6 Å². The van der Waals surface area contributed by atoms with Crippen LogP contribution in [-0.2, 0) is 13.0 Å². The number of fused-ring (bicyclic) bond motifs is 1. The maximum atomic E-state index is 4.62. The van der Waals surface area contributed by atoms with Crippen LogP contribution in [0.2, 0.25) is 0 Å². The lowest BCUT2D eigenvalue weighted by molar-refractivity contribution is 0.324. The van der Waals surface area contributed by atoms with Crippen molar-refractivity contribution >= 4 is 11.0 Å². The lowest BCUT2D eigenvalue weighted by Gasteiger charge is -2.14. The number of H-pyrrole nitrogens is 2. The average Bonchev–Trinajstić information content (AvgIpc) is 3.04. The highest BCUT2D eigenvalue weighted by Gasteiger charge is 2.06. The Hall–Kier alpha value is -2.14. The fourth-order valence-electron chi connectivity index (χ4n) is 2.32. The van der Waals surface area contributed by atoms with Gasteiger partial charge in [0.15, 0.2) is 0 Å². The second kappa shape index (κ2) is 5.46. The van der Waals surface area contributed by atoms with Crippen molar-refractivity contribution in [2.45, 2.75) is 19.9 Å². The van der Waals surface area contributed by atoms with E-state index in [2.05, 4.69) is 57.2 Å². The van der Waals surface area contributed by atoms with Gasteiger partial charge in [0, 0.05) is 12.7 Å². The van der Waals surface area contributed by atoms with Crippen molar-refractivity contribution < 1.29 is 0 Å². The van der Waals surface area contributed by atoms with Gasteiger partial charge in [-0.3, -0.25) is 10.00 Å². The summed E-state index contributed by atoms with van der Waals surface area (Å²) in [5.74, 6) is 1.01. The summed E-state index contributed by atoms with van der Waals surface area (Å²) in [6.45, 7) is 3.90. The Balaban J connectivity index is 1.63. The summed E-state index contributed by atoms with van der Waals surface area (Å²) in [5, 5.41) is 6.80. The van der Waals surface area contributed by atoms with Crippen LogP contribution in [0.15, 0.2) is 30.6 Å². The molecule has 2 heterocycles. The quantitative estimate of drug-likeness (QED) is 0.747. The molecule has 0 aliphatic rings. The molecule has 0 bridgehead atoms. The first-order valence-corrected chi connectivity index (χ1v) is 6.82. The van der Waals surface area contributed by atoms with E-state index >= 15 is 0 Å². The van der Waals surface area contributed by atoms with Crippen molar-refractivity contribution in [3.8, 4) is 0 Å². The minimum absolute atomic E-state index is 0.825. The Kier molecular flexibility index (Phi) is 3.52. The minimum atomic E-state index is 0.825. The highest BCUT2D eigenvalue weighted by molar-refractivity contribution is 5.75. The molecule has 0 saturated carbocycles. The first-order valence-electron chi connectivity index (χ1n) is 6.82. The number of rotatable bonds is 5. The van der Waals surface area contributed by atoms with Gasteiger partial charge in [0.1, 0.15) is 5.82 Å². The van der Waals surface area contributed by atoms with E-state index in [-0.39, 0.29) is 0 Å². The number of benzene rings is 1. The smallest absolute Gasteiger partial charge is 0.121 e. The third-order valence-corrected chi connectivity index (χ3v) is 3.44. The predicted octanol–water partition coefficient (Wildman–Crippen LogP) is 2.27. The monoisotopic (exact) mass is 269 g/mol. The van der Waals surface area contributed by atoms with Crippen LogP contribution in [0, 0.1) is 6.92 Å². The number of aryl methyl sites for hydroxylation is 1. The van der Waals surface area contributed by atoms with Crippen molar-refractivity contribution in [1.82, 2.24) is 25.1 Å². The van der Waals surface area contributed by atoms with Crippen LogP contribution in [0.4, 0.5) is 0 Å². The van der Waals surface area contributed by atoms with E-state index in [0.717, 1.165) is 36.4 Å². The Labute approximate surface area is 118 Å². The summed E-state index contributed by atoms with van der Waals surface area (Å²) in [5.41, 5.74) is 4.63. The molecule has 0 aliphatic heterocycles. The molecule has 0 aliphatic carbocycles. The van der Waals surface area contributed by atoms with E-state index in [0.29, 0.717) is 0 Å². The fourth-order valence-corrected chi connectivity index (χ4v) is 2.32. The number of imidazole rings is 1. The van der Waals surface area contributed by atoms with E-state index in [1.165, 1.54) is 11.1 Å². The molecule has 104 valence electrons. The van der Waals surface area contributed by atoms with Crippen LogP contribution in [0.5, 0.6) is 0 Å². The molecule has 3 rings (SSSR count). The number of nitrogens with zero attached hydrogens (tertiary/aromatic N) is 3. The van der Waals surface area contributed by atoms with Crippen molar-refractivity contribution in [3.63, 3.8) is 0 Å². The van der Waals surface area contributed by atoms with Gasteiger partial charge in [0.05, 0.1) is 23.8 Å². The molecular weight excluding hydrogens is 250 g/mol. The summed E-state index contributed by atoms with van der Waals surface area (Å²) in [4.78, 5) is 10.3. The standard InChI is InChI=1S/C15H19N5/c1-11-3-4-13-14(7-11)19-15(18-13)10-20(2)6-5-12-8-16-17-9-12/h3-4,7-9H,5-6,10H2,1-2H3,(H,16,17)(H,18,19). The first-order chi connectivity index (χ1) is 9.70. The molecule has 0 spiro atoms. The molecule has 0 amide bonds. The van der Waals surface area contributed by atoms with E-state index in [9.17, 15) is 0 Å². The molecule has 0 atom stereocenters. The summed E-state index contributed by atoms with van der Waals surface area (Å²) in [6, 6.07) is 6.29. The molecule has 1 aromatic carbocycles. The normalized spacial score (nSPS) is 11.6. The highest BCUT2D eigenvalue weighted by atomic mass is 15.1. The van der Waals surface area contributed by atoms with Crippen LogP contribution >= 0.6 is 0 Å². The van der Waals surface area contributed by atoms with Gasteiger partial charge in [-0.2, -0.15) is 5.10 Å². The Bertz CT molecular complexity index is 683. The third-order valence-electron chi connectivity index (χ3n) is 3.44. The van der Waals surface area contributed by atoms with Gasteiger partial charge in [-0.15, -0.1) is 0 Å². The maximum Gasteiger partial charge on any atom is 0.121 e. The van der Waals surface area contributed by atoms with Crippen molar-refractivity contribution in [2.24, 2.45) is 0 Å². The minimum Gasteiger partial charge on any atom is -0.341 e. The zero-order valence-electron chi connectivity index (χ0n) is 11.8. The van der Waals surface area contributed by atoms with Crippen molar-refractivity contribution in [2.75, 3.05) is 13.6 Å². The van der Waals surface area contributed by atoms with Gasteiger partial charge >= 0.3 is 0 Å². The van der Waals surface area contributed by atoms with Gasteiger partial charge in [-0.05, 0) is 43.7 Å². The largest absolute Gasteiger partial charge is 0.341 e. The highest BCUT2D eigenvalue weighted by Crippen LogP contribution is 2.14. The summed E-state index contributed by atoms with van der Waals surface area (Å²) < 4.78 is 0. The summed E-state index contributed by atoms with van der Waals surface area (Å²) in [6.07, 6.45) is 4.81. The van der Waals surface area contributed by atoms with Gasteiger partial charge < -0.3 is 4.98 Å². The van der Waals surface area contributed by atoms with Crippen molar-refractivity contribution in [1.29, 1.82) is 0 Å². The first kappa shape index (κ1) is 12.9. The van der Waals surface area contributed by atoms with Crippen LogP contribution in [0.3, 0.4) is 0 Å². The molecule has 2 aromatic heterocycles. The molecule has 5 heteroatoms. The second-order valence-electron chi connectivity index (χ2n) is 5.30. The van der Waals surface area contributed by atoms with Gasteiger partial charge in [-0.25, -0.2) is 4.98 Å². The van der Waals surface area contributed by atoms with Gasteiger partial charge in [0.2, 0.25) is 0 Å². The Morgan fingerprint density at radius 3 is 3.00 bits per heavy atom. The lowest BCUT2D eigenvalue weighted by atomic mass is 10.2. The Morgan fingerprint density at radius 1 is 1.30 bits per heavy atom. The molecule has 0 fully saturated rings. The predicted molar refractivity (Wildman–Crippen MR) is 79.5 cm³/mol. The number of likely N-dealkylation sites (N-methyl/N-ethyl adjacent to an activating group) is 1. The molecular formula is C15H19N5. The molecule has 2 N–H and O–H groups in total. The van der Waals surface area contributed by atoms with Crippen LogP contribution in [-0.4, -0.2) is 38.7 Å². The lowest BCUT2D eigenvalue weighted by Crippen LogP contribution is -2.21. The van der Waals surface area contributed by atoms with Crippen LogP contribution in [0.1, 0.15) is 17.0 Å². The number of hydrogen-bond acceptors (Lipinski definition) is 3. The number of nitrogens with one attached hydrogen (secondary N) is 2. The second-order valence-corrected chi connectivity index (χ2v) is 5.30. The SMILES string of the molecule is Cc1ccc2nc(CN(C)CCc3cn[nH]c3)[nH]c2c1. The molecule has 5 nitrogen and oxygen atoms in total. The average molecular weight is 269 g/mol. The summed E-state index contributed by atoms with van der Waals surface area (Å²) >= 11 is 0. The molecule has 0 unspecified atom stereocenters. The van der Waals surface area contributed by atoms with Crippen LogP contribution < -0.4 is 0 Å². The zero-order chi connectivity index (χ0) is 13.9. The number of hydrogen-bond donors (Lipinski definition) is 2. The molecule has 0 saturated heterocycles. The number of aromatic nitrogens is 4. The summed E-state index contributed by atoms with van der Waals surface area (Å²) in [7, 11) is 2.11. The van der Waals surface area contributed by atoms with E-state index in [4.69, 9.17) is 0 Å². The van der Waals surface area contributed by atoms with E-state index in [1.807, 2.05) is 12.4 Å². The van der Waals surface area contributed by atoms with Crippen molar-refractivity contribution in [3.05, 3.63) is 47.5 Å². The molecule has 3 aromatic rings. The number of aromatic amines is 2. The molecule has 0 radical (unpaired) electrons. The third kappa shape index (κ3) is 2.88. The van der Waals surface area contributed by atoms with Gasteiger partial charge in [0.25, 0.3) is 0 Å². The van der Waals surface area contributed by atoms with E-state index < -0.39 is 0 Å². The van der Waals surface area contributed by atoms with E-state index in [1.54, 1.807) is 0 Å². The fraction of sp³-hybridized carbons (Fsp3) is 0.333. The zero-order valence-corrected chi connectivity index (χ0v) is 11.8. The Morgan fingerprint density at radius 2 is 2.20 bits per heavy atom. The van der Waals surface area contributed by atoms with Gasteiger partial charge in [-0.1, -0.05) is 6.07 Å². The molecule has 20 heavy (non-hydrogen) atoms. The van der Waals surface area contributed by atoms with Crippen LogP contribution in [0.25, 0.3) is 11.0 Å².